The van der Waals surface area contributed by atoms with Gasteiger partial charge in [-0.15, -0.1) is 0 Å². The smallest absolute Gasteiger partial charge is 0.159 e. The molecule has 0 aliphatic carbocycles. The van der Waals surface area contributed by atoms with Crippen LogP contribution in [0, 0.1) is 0 Å². The number of nitrogens with one attached hydrogen (secondary N) is 1. The van der Waals surface area contributed by atoms with Crippen molar-refractivity contribution in [3.8, 4) is 0 Å². The Bertz CT molecular complexity index is 264. The van der Waals surface area contributed by atoms with Gasteiger partial charge in [-0.1, -0.05) is 11.8 Å². The van der Waals surface area contributed by atoms with E-state index in [0.29, 0.717) is 0 Å². The molecule has 0 aromatic rings. The lowest BCUT2D eigenvalue weighted by atomic mass is 10.0. The van der Waals surface area contributed by atoms with Crippen LogP contribution in [0.2, 0.25) is 0 Å². The fourth-order valence-electron chi connectivity index (χ4n) is 1.76. The Labute approximate surface area is 92.3 Å². The number of alkyl halides is 1. The molecule has 2 aliphatic rings. The number of aliphatic hydroxyl groups is 1. The van der Waals surface area contributed by atoms with Gasteiger partial charge in [-0.25, -0.2) is 4.39 Å². The van der Waals surface area contributed by atoms with E-state index in [1.165, 1.54) is 11.8 Å². The monoisotopic (exact) mass is 234 g/mol. The summed E-state index contributed by atoms with van der Waals surface area (Å²) in [5.74, 6) is 0. The average Bonchev–Trinajstić information content (AvgIpc) is 2.61. The Morgan fingerprint density at radius 1 is 1.73 bits per heavy atom. The maximum atomic E-state index is 13.7. The van der Waals surface area contributed by atoms with Crippen molar-refractivity contribution in [3.63, 3.8) is 0 Å². The van der Waals surface area contributed by atoms with Crippen LogP contribution >= 0.6 is 11.8 Å². The van der Waals surface area contributed by atoms with Crippen LogP contribution < -0.4 is 5.32 Å². The highest BCUT2D eigenvalue weighted by Gasteiger charge is 2.43. The molecule has 2 aliphatic heterocycles. The van der Waals surface area contributed by atoms with Gasteiger partial charge >= 0.3 is 0 Å². The number of halogens is 1. The van der Waals surface area contributed by atoms with Crippen LogP contribution in [0.3, 0.4) is 0 Å². The summed E-state index contributed by atoms with van der Waals surface area (Å²) in [6, 6.07) is -0.410. The van der Waals surface area contributed by atoms with Crippen molar-refractivity contribution in [1.29, 1.82) is 0 Å². The molecule has 2 rings (SSSR count). The Morgan fingerprint density at radius 2 is 2.53 bits per heavy atom. The molecule has 4 atom stereocenters. The van der Waals surface area contributed by atoms with Crippen LogP contribution in [0.1, 0.15) is 13.3 Å². The minimum Gasteiger partial charge on any atom is -0.394 e. The Balaban J connectivity index is 2.00. The number of thioether (sulfide) groups is 1. The molecule has 0 spiro atoms. The summed E-state index contributed by atoms with van der Waals surface area (Å²) in [6.45, 7) is 2.61. The summed E-state index contributed by atoms with van der Waals surface area (Å²) >= 11 is 1.41. The van der Waals surface area contributed by atoms with Gasteiger partial charge in [0.2, 0.25) is 0 Å². The molecule has 86 valence electrons. The lowest BCUT2D eigenvalue weighted by molar-refractivity contribution is -0.0678. The molecule has 15 heavy (non-hydrogen) atoms. The number of rotatable bonds is 2. The van der Waals surface area contributed by atoms with Crippen LogP contribution in [0.25, 0.3) is 0 Å². The quantitative estimate of drug-likeness (QED) is 0.731. The SMILES string of the molecule is CCNC1=N[C@@H]2[C@H](F)C[C@@H](CO)O[C@@H]2S1. The van der Waals surface area contributed by atoms with Gasteiger partial charge in [0.25, 0.3) is 0 Å². The number of aliphatic hydroxyl groups excluding tert-OH is 1. The summed E-state index contributed by atoms with van der Waals surface area (Å²) < 4.78 is 19.2. The number of hydrogen-bond donors (Lipinski definition) is 2. The van der Waals surface area contributed by atoms with Gasteiger partial charge in [-0.3, -0.25) is 4.99 Å². The highest BCUT2D eigenvalue weighted by Crippen LogP contribution is 2.36. The number of nitrogens with zero attached hydrogens (tertiary/aromatic N) is 1. The van der Waals surface area contributed by atoms with E-state index in [9.17, 15) is 4.39 Å². The number of amidine groups is 1. The summed E-state index contributed by atoms with van der Waals surface area (Å²) in [5, 5.41) is 12.7. The van der Waals surface area contributed by atoms with Crippen molar-refractivity contribution in [2.75, 3.05) is 13.2 Å². The average molecular weight is 234 g/mol. The van der Waals surface area contributed by atoms with E-state index in [0.717, 1.165) is 11.7 Å². The second-order valence-electron chi connectivity index (χ2n) is 3.63. The first-order valence-corrected chi connectivity index (χ1v) is 6.01. The lowest BCUT2D eigenvalue weighted by Gasteiger charge is -2.31. The number of ether oxygens (including phenoxy) is 1. The van der Waals surface area contributed by atoms with E-state index in [-0.39, 0.29) is 24.6 Å². The third-order valence-corrected chi connectivity index (χ3v) is 3.59. The first kappa shape index (κ1) is 11.2. The second-order valence-corrected chi connectivity index (χ2v) is 4.72. The molecule has 0 amide bonds. The van der Waals surface area contributed by atoms with Gasteiger partial charge in [-0.2, -0.15) is 0 Å². The molecule has 1 saturated heterocycles. The van der Waals surface area contributed by atoms with Gasteiger partial charge < -0.3 is 15.2 Å². The van der Waals surface area contributed by atoms with Gasteiger partial charge in [0.05, 0.1) is 12.7 Å². The molecule has 6 heteroatoms. The van der Waals surface area contributed by atoms with E-state index >= 15 is 0 Å². The molecule has 4 nitrogen and oxygen atoms in total. The molecule has 0 bridgehead atoms. The highest BCUT2D eigenvalue weighted by molar-refractivity contribution is 8.14. The maximum Gasteiger partial charge on any atom is 0.159 e. The van der Waals surface area contributed by atoms with E-state index in [4.69, 9.17) is 9.84 Å². The van der Waals surface area contributed by atoms with Crippen LogP contribution in [0.5, 0.6) is 0 Å². The molecular weight excluding hydrogens is 219 g/mol. The first-order chi connectivity index (χ1) is 7.24. The van der Waals surface area contributed by atoms with Crippen LogP contribution in [-0.4, -0.2) is 47.2 Å². The summed E-state index contributed by atoms with van der Waals surface area (Å²) in [5.41, 5.74) is -0.278. The molecule has 0 aromatic carbocycles. The molecular formula is C9H15FN2O2S. The van der Waals surface area contributed by atoms with Crippen molar-refractivity contribution in [2.24, 2.45) is 4.99 Å². The van der Waals surface area contributed by atoms with Gasteiger partial charge in [0.1, 0.15) is 17.6 Å². The van der Waals surface area contributed by atoms with E-state index < -0.39 is 12.2 Å². The summed E-state index contributed by atoms with van der Waals surface area (Å²) in [7, 11) is 0. The number of hydrogen-bond acceptors (Lipinski definition) is 5. The summed E-state index contributed by atoms with van der Waals surface area (Å²) in [6.07, 6.45) is -1.16. The summed E-state index contributed by atoms with van der Waals surface area (Å²) in [4.78, 5) is 4.24. The van der Waals surface area contributed by atoms with Crippen molar-refractivity contribution in [2.45, 2.75) is 37.1 Å². The van der Waals surface area contributed by atoms with Gasteiger partial charge in [0, 0.05) is 13.0 Å². The second kappa shape index (κ2) is 4.67. The van der Waals surface area contributed by atoms with E-state index in [2.05, 4.69) is 10.3 Å². The number of aliphatic imine (C=N–C) groups is 1. The number of fused-ring (bicyclic) bond motifs is 1. The standard InChI is InChI=1S/C9H15FN2O2S/c1-2-11-9-12-7-6(10)3-5(4-13)14-8(7)15-9/h5-8,13H,2-4H2,1H3,(H,11,12)/t5-,6+,7+,8+/m0/s1. The van der Waals surface area contributed by atoms with E-state index in [1.807, 2.05) is 6.92 Å². The fraction of sp³-hybridized carbons (Fsp3) is 0.889. The van der Waals surface area contributed by atoms with Crippen LogP contribution in [-0.2, 0) is 4.74 Å². The van der Waals surface area contributed by atoms with Crippen LogP contribution in [0.4, 0.5) is 4.39 Å². The molecule has 2 N–H and O–H groups in total. The third kappa shape index (κ3) is 2.26. The zero-order valence-corrected chi connectivity index (χ0v) is 9.34. The molecule has 2 heterocycles. The van der Waals surface area contributed by atoms with Crippen molar-refractivity contribution >= 4 is 16.9 Å². The van der Waals surface area contributed by atoms with Crippen molar-refractivity contribution < 1.29 is 14.2 Å². The molecule has 0 unspecified atom stereocenters. The molecule has 0 radical (unpaired) electrons. The minimum absolute atomic E-state index is 0.124. The first-order valence-electron chi connectivity index (χ1n) is 5.13. The largest absolute Gasteiger partial charge is 0.394 e. The van der Waals surface area contributed by atoms with Gasteiger partial charge in [0.15, 0.2) is 5.17 Å². The Morgan fingerprint density at radius 3 is 3.20 bits per heavy atom. The van der Waals surface area contributed by atoms with Gasteiger partial charge in [-0.05, 0) is 6.92 Å². The van der Waals surface area contributed by atoms with E-state index in [1.54, 1.807) is 0 Å². The lowest BCUT2D eigenvalue weighted by Crippen LogP contribution is -2.43. The third-order valence-electron chi connectivity index (χ3n) is 2.49. The predicted octanol–water partition coefficient (Wildman–Crippen LogP) is 0.513. The van der Waals surface area contributed by atoms with Crippen LogP contribution in [0.15, 0.2) is 4.99 Å². The topological polar surface area (TPSA) is 53.9 Å². The minimum atomic E-state index is -1.01. The van der Waals surface area contributed by atoms with Crippen molar-refractivity contribution in [3.05, 3.63) is 0 Å². The van der Waals surface area contributed by atoms with Crippen molar-refractivity contribution in [1.82, 2.24) is 5.32 Å². The zero-order valence-electron chi connectivity index (χ0n) is 8.52. The predicted molar refractivity (Wildman–Crippen MR) is 57.8 cm³/mol. The Kier molecular flexibility index (Phi) is 3.48. The maximum absolute atomic E-state index is 13.7. The fourth-order valence-corrected chi connectivity index (χ4v) is 2.97. The molecule has 1 fully saturated rings. The Hall–Kier alpha value is -0.330. The zero-order chi connectivity index (χ0) is 10.8. The normalized spacial score (nSPS) is 39.8. The molecule has 0 aromatic heterocycles. The highest BCUT2D eigenvalue weighted by atomic mass is 32.2. The molecule has 0 saturated carbocycles.